The van der Waals surface area contributed by atoms with Crippen molar-refractivity contribution in [2.75, 3.05) is 5.43 Å². The lowest BCUT2D eigenvalue weighted by Gasteiger charge is -2.18. The van der Waals surface area contributed by atoms with E-state index in [-0.39, 0.29) is 0 Å². The van der Waals surface area contributed by atoms with Crippen LogP contribution in [0.2, 0.25) is 10.0 Å². The summed E-state index contributed by atoms with van der Waals surface area (Å²) in [5.41, 5.74) is 7.81. The highest BCUT2D eigenvalue weighted by Crippen LogP contribution is 2.48. The molecule has 3 aromatic carbocycles. The molecule has 0 bridgehead atoms. The predicted molar refractivity (Wildman–Crippen MR) is 149 cm³/mol. The molecule has 1 aromatic heterocycles. The summed E-state index contributed by atoms with van der Waals surface area (Å²) in [6, 6.07) is 24.6. The molecular formula is C30H26Cl2N2O4. The third kappa shape index (κ3) is 4.89. The molecule has 0 saturated heterocycles. The van der Waals surface area contributed by atoms with Crippen LogP contribution in [-0.4, -0.2) is 21.8 Å². The molecule has 6 nitrogen and oxygen atoms in total. The molecule has 0 radical (unpaired) electrons. The summed E-state index contributed by atoms with van der Waals surface area (Å²) in [6.45, 7) is 3.57. The van der Waals surface area contributed by atoms with Crippen LogP contribution in [0.1, 0.15) is 42.7 Å². The first-order valence-electron chi connectivity index (χ1n) is 12.2. The number of carbonyl (C=O) groups is 2. The van der Waals surface area contributed by atoms with Gasteiger partial charge in [0.05, 0.1) is 21.8 Å². The average Bonchev–Trinajstić information content (AvgIpc) is 3.68. The van der Waals surface area contributed by atoms with Crippen LogP contribution in [0.4, 0.5) is 4.79 Å². The van der Waals surface area contributed by atoms with E-state index in [0.717, 1.165) is 22.3 Å². The Hall–Kier alpha value is -3.74. The summed E-state index contributed by atoms with van der Waals surface area (Å²) < 4.78 is 7.18. The lowest BCUT2D eigenvalue weighted by molar-refractivity contribution is -0.140. The Morgan fingerprint density at radius 3 is 2.08 bits per heavy atom. The molecule has 1 aliphatic rings. The number of carboxylic acid groups (broad SMARTS) is 1. The Bertz CT molecular complexity index is 1510. The van der Waals surface area contributed by atoms with Gasteiger partial charge in [-0.1, -0.05) is 89.9 Å². The number of hydrogen-bond donors (Lipinski definition) is 2. The average molecular weight is 549 g/mol. The van der Waals surface area contributed by atoms with Crippen LogP contribution in [0.5, 0.6) is 0 Å². The van der Waals surface area contributed by atoms with Gasteiger partial charge < -0.3 is 9.84 Å². The van der Waals surface area contributed by atoms with Crippen molar-refractivity contribution in [3.05, 3.63) is 106 Å². The highest BCUT2D eigenvalue weighted by atomic mass is 35.5. The van der Waals surface area contributed by atoms with Crippen LogP contribution in [0.25, 0.3) is 22.4 Å². The summed E-state index contributed by atoms with van der Waals surface area (Å²) >= 11 is 12.7. The van der Waals surface area contributed by atoms with Gasteiger partial charge in [0, 0.05) is 16.1 Å². The first-order chi connectivity index (χ1) is 18.2. The van der Waals surface area contributed by atoms with E-state index in [4.69, 9.17) is 27.9 Å². The molecule has 194 valence electrons. The number of aromatic nitrogens is 1. The number of aliphatic carboxylic acids is 1. The maximum atomic E-state index is 12.8. The molecule has 1 fully saturated rings. The number of nitrogens with one attached hydrogen (secondary N) is 1. The smallest absolute Gasteiger partial charge is 0.427 e. The quantitative estimate of drug-likeness (QED) is 0.245. The van der Waals surface area contributed by atoms with E-state index in [9.17, 15) is 14.7 Å². The summed E-state index contributed by atoms with van der Waals surface area (Å²) in [5, 5.41) is 10.6. The minimum absolute atomic E-state index is 0.506. The number of halogens is 2. The maximum Gasteiger partial charge on any atom is 0.427 e. The molecule has 38 heavy (non-hydrogen) atoms. The molecular weight excluding hydrogens is 523 g/mol. The number of rotatable bonds is 7. The molecule has 1 atom stereocenters. The van der Waals surface area contributed by atoms with Crippen molar-refractivity contribution in [3.63, 3.8) is 0 Å². The van der Waals surface area contributed by atoms with Crippen LogP contribution in [0.3, 0.4) is 0 Å². The lowest BCUT2D eigenvalue weighted by Crippen LogP contribution is -2.26. The summed E-state index contributed by atoms with van der Waals surface area (Å²) in [6.07, 6.45) is 0.173. The number of hydrogen-bond acceptors (Lipinski definition) is 3. The van der Waals surface area contributed by atoms with Gasteiger partial charge in [0.1, 0.15) is 6.10 Å². The van der Waals surface area contributed by atoms with Crippen molar-refractivity contribution in [1.29, 1.82) is 0 Å². The van der Waals surface area contributed by atoms with Crippen molar-refractivity contribution in [1.82, 2.24) is 4.68 Å². The second kappa shape index (κ2) is 10.2. The molecule has 1 amide bonds. The standard InChI is InChI=1S/C30H26Cl2N2O4/c1-18-26(32)17-27(34(18)33-29(37)38-19(2)24-5-3-4-6-25(24)31)22-9-7-20(8-10-22)21-11-13-23(14-12-21)30(15-16-30)28(35)36/h3-14,17,19H,15-16H2,1-2H3,(H,33,37)(H,35,36). The van der Waals surface area contributed by atoms with E-state index in [1.54, 1.807) is 23.7 Å². The zero-order valence-electron chi connectivity index (χ0n) is 20.9. The third-order valence-electron chi connectivity index (χ3n) is 7.13. The second-order valence-electron chi connectivity index (χ2n) is 9.52. The van der Waals surface area contributed by atoms with Crippen LogP contribution >= 0.6 is 23.2 Å². The summed E-state index contributed by atoms with van der Waals surface area (Å²) in [4.78, 5) is 24.4. The molecule has 2 N–H and O–H groups in total. The third-order valence-corrected chi connectivity index (χ3v) is 7.85. The van der Waals surface area contributed by atoms with Crippen LogP contribution < -0.4 is 5.43 Å². The Balaban J connectivity index is 1.33. The van der Waals surface area contributed by atoms with Crippen LogP contribution in [0.15, 0.2) is 78.9 Å². The zero-order chi connectivity index (χ0) is 27.0. The van der Waals surface area contributed by atoms with E-state index in [1.165, 1.54) is 0 Å². The lowest BCUT2D eigenvalue weighted by atomic mass is 9.93. The van der Waals surface area contributed by atoms with Crippen LogP contribution in [0, 0.1) is 6.92 Å². The topological polar surface area (TPSA) is 80.6 Å². The number of nitrogens with zero attached hydrogens (tertiary/aromatic N) is 1. The van der Waals surface area contributed by atoms with E-state index in [2.05, 4.69) is 5.43 Å². The summed E-state index contributed by atoms with van der Waals surface area (Å²) in [7, 11) is 0. The zero-order valence-corrected chi connectivity index (χ0v) is 22.4. The van der Waals surface area contributed by atoms with Gasteiger partial charge in [-0.3, -0.25) is 9.47 Å². The van der Waals surface area contributed by atoms with Crippen molar-refractivity contribution in [3.8, 4) is 22.4 Å². The van der Waals surface area contributed by atoms with Crippen molar-refractivity contribution in [2.45, 2.75) is 38.2 Å². The number of amides is 1. The Morgan fingerprint density at radius 1 is 0.921 bits per heavy atom. The first kappa shape index (κ1) is 25.9. The highest BCUT2D eigenvalue weighted by Gasteiger charge is 2.51. The molecule has 8 heteroatoms. The molecule has 1 saturated carbocycles. The molecule has 5 rings (SSSR count). The highest BCUT2D eigenvalue weighted by molar-refractivity contribution is 6.32. The van der Waals surface area contributed by atoms with Gasteiger partial charge in [0.2, 0.25) is 0 Å². The van der Waals surface area contributed by atoms with Gasteiger partial charge in [-0.05, 0) is 55.5 Å². The van der Waals surface area contributed by atoms with Crippen molar-refractivity contribution in [2.24, 2.45) is 0 Å². The maximum absolute atomic E-state index is 12.8. The number of benzene rings is 3. The first-order valence-corrected chi connectivity index (χ1v) is 13.0. The van der Waals surface area contributed by atoms with Gasteiger partial charge in [-0.25, -0.2) is 10.2 Å². The van der Waals surface area contributed by atoms with E-state index < -0.39 is 23.6 Å². The van der Waals surface area contributed by atoms with Gasteiger partial charge in [-0.2, -0.15) is 0 Å². The van der Waals surface area contributed by atoms with Gasteiger partial charge >= 0.3 is 12.1 Å². The SMILES string of the molecule is Cc1c(Cl)cc(-c2ccc(-c3ccc(C4(C(=O)O)CC4)cc3)cc2)n1NC(=O)OC(C)c1ccccc1Cl. The fraction of sp³-hybridized carbons (Fsp3) is 0.200. The number of carbonyl (C=O) groups excluding carboxylic acids is 1. The van der Waals surface area contributed by atoms with Crippen molar-refractivity contribution < 1.29 is 19.4 Å². The molecule has 1 unspecified atom stereocenters. The monoisotopic (exact) mass is 548 g/mol. The Labute approximate surface area is 230 Å². The fourth-order valence-electron chi connectivity index (χ4n) is 4.65. The fourth-order valence-corrected chi connectivity index (χ4v) is 5.12. The van der Waals surface area contributed by atoms with E-state index >= 15 is 0 Å². The van der Waals surface area contributed by atoms with E-state index in [1.807, 2.05) is 73.7 Å². The summed E-state index contributed by atoms with van der Waals surface area (Å²) in [5.74, 6) is -0.762. The molecule has 1 aliphatic carbocycles. The Morgan fingerprint density at radius 2 is 1.50 bits per heavy atom. The van der Waals surface area contributed by atoms with Gasteiger partial charge in [-0.15, -0.1) is 0 Å². The minimum atomic E-state index is -0.762. The van der Waals surface area contributed by atoms with Crippen LogP contribution in [-0.2, 0) is 14.9 Å². The largest absolute Gasteiger partial charge is 0.481 e. The predicted octanol–water partition coefficient (Wildman–Crippen LogP) is 7.99. The number of carboxylic acids is 1. The minimum Gasteiger partial charge on any atom is -0.481 e. The molecule has 1 heterocycles. The number of ether oxygens (including phenoxy) is 1. The molecule has 4 aromatic rings. The normalized spacial score (nSPS) is 14.5. The van der Waals surface area contributed by atoms with Gasteiger partial charge in [0.15, 0.2) is 0 Å². The molecule has 0 spiro atoms. The van der Waals surface area contributed by atoms with Gasteiger partial charge in [0.25, 0.3) is 0 Å². The van der Waals surface area contributed by atoms with Crippen molar-refractivity contribution >= 4 is 35.3 Å². The second-order valence-corrected chi connectivity index (χ2v) is 10.3. The van der Waals surface area contributed by atoms with E-state index in [0.29, 0.717) is 39.8 Å². The Kier molecular flexibility index (Phi) is 6.95. The molecule has 0 aliphatic heterocycles.